The predicted molar refractivity (Wildman–Crippen MR) is 105 cm³/mol. The van der Waals surface area contributed by atoms with Crippen molar-refractivity contribution in [1.82, 2.24) is 14.8 Å². The van der Waals surface area contributed by atoms with Crippen molar-refractivity contribution in [2.75, 3.05) is 12.4 Å². The van der Waals surface area contributed by atoms with Gasteiger partial charge in [-0.2, -0.15) is 0 Å². The number of fused-ring (bicyclic) bond motifs is 1. The Kier molecular flexibility index (Phi) is 4.49. The van der Waals surface area contributed by atoms with E-state index >= 15 is 0 Å². The van der Waals surface area contributed by atoms with E-state index in [1.165, 1.54) is 18.4 Å². The molecule has 5 rings (SSSR count). The number of hydrogen-bond acceptors (Lipinski definition) is 5. The molecule has 2 heterocycles. The largest absolute Gasteiger partial charge is 0.486 e. The summed E-state index contributed by atoms with van der Waals surface area (Å²) in [5, 5.41) is 9.94. The Balaban J connectivity index is 1.30. The molecule has 0 amide bonds. The third kappa shape index (κ3) is 3.67. The molecule has 5 nitrogen and oxygen atoms in total. The average Bonchev–Trinajstić information content (AvgIpc) is 3.49. The van der Waals surface area contributed by atoms with Gasteiger partial charge in [-0.1, -0.05) is 54.2 Å². The number of thioether (sulfide) groups is 1. The second-order valence-electron chi connectivity index (χ2n) is 7.00. The Labute approximate surface area is 162 Å². The summed E-state index contributed by atoms with van der Waals surface area (Å²) in [4.78, 5) is 0. The van der Waals surface area contributed by atoms with Gasteiger partial charge in [0.25, 0.3) is 0 Å². The second kappa shape index (κ2) is 7.27. The fourth-order valence-corrected chi connectivity index (χ4v) is 4.19. The fraction of sp³-hybridized carbons (Fsp3) is 0.333. The molecule has 1 aliphatic heterocycles. The Morgan fingerprint density at radius 3 is 2.56 bits per heavy atom. The van der Waals surface area contributed by atoms with Crippen LogP contribution in [0.3, 0.4) is 0 Å². The van der Waals surface area contributed by atoms with Gasteiger partial charge < -0.3 is 14.0 Å². The summed E-state index contributed by atoms with van der Waals surface area (Å²) in [6.07, 6.45) is 2.44. The lowest BCUT2D eigenvalue weighted by atomic mass is 10.2. The molecule has 2 aromatic carbocycles. The minimum absolute atomic E-state index is 0.0103. The average molecular weight is 379 g/mol. The van der Waals surface area contributed by atoms with E-state index in [2.05, 4.69) is 39.0 Å². The van der Waals surface area contributed by atoms with E-state index in [9.17, 15) is 0 Å². The van der Waals surface area contributed by atoms with Crippen molar-refractivity contribution in [3.63, 3.8) is 0 Å². The third-order valence-corrected chi connectivity index (χ3v) is 5.94. The maximum absolute atomic E-state index is 6.08. The molecular formula is C21H21N3O2S. The molecule has 6 heteroatoms. The molecule has 1 saturated carbocycles. The first-order valence-electron chi connectivity index (χ1n) is 9.35. The summed E-state index contributed by atoms with van der Waals surface area (Å²) in [6, 6.07) is 18.3. The van der Waals surface area contributed by atoms with E-state index in [4.69, 9.17) is 9.47 Å². The van der Waals surface area contributed by atoms with E-state index in [0.717, 1.165) is 34.8 Å². The van der Waals surface area contributed by atoms with Crippen LogP contribution in [0.25, 0.3) is 0 Å². The number of benzene rings is 2. The molecule has 0 bridgehead atoms. The Morgan fingerprint density at radius 2 is 1.74 bits per heavy atom. The SMILES string of the molecule is c1ccc(Cn2c(SC[C@@H]3COc4ccccc4O3)nnc2C2CC2)cc1. The zero-order valence-corrected chi connectivity index (χ0v) is 15.8. The zero-order chi connectivity index (χ0) is 18.1. The van der Waals surface area contributed by atoms with Crippen LogP contribution < -0.4 is 9.47 Å². The van der Waals surface area contributed by atoms with Crippen molar-refractivity contribution in [3.05, 3.63) is 66.0 Å². The van der Waals surface area contributed by atoms with E-state index in [1.807, 2.05) is 30.3 Å². The molecule has 0 radical (unpaired) electrons. The molecule has 2 aliphatic rings. The lowest BCUT2D eigenvalue weighted by Crippen LogP contribution is -2.31. The normalized spacial score (nSPS) is 18.4. The smallest absolute Gasteiger partial charge is 0.191 e. The number of hydrogen-bond donors (Lipinski definition) is 0. The van der Waals surface area contributed by atoms with Crippen LogP contribution in [-0.2, 0) is 6.54 Å². The number of para-hydroxylation sites is 2. The first-order valence-corrected chi connectivity index (χ1v) is 10.3. The summed E-state index contributed by atoms with van der Waals surface area (Å²) in [7, 11) is 0. The lowest BCUT2D eigenvalue weighted by molar-refractivity contribution is 0.107. The van der Waals surface area contributed by atoms with Crippen LogP contribution in [-0.4, -0.2) is 33.2 Å². The van der Waals surface area contributed by atoms with Gasteiger partial charge in [-0.05, 0) is 30.5 Å². The van der Waals surface area contributed by atoms with Crippen LogP contribution in [0.2, 0.25) is 0 Å². The molecule has 1 fully saturated rings. The maximum atomic E-state index is 6.08. The maximum Gasteiger partial charge on any atom is 0.191 e. The summed E-state index contributed by atoms with van der Waals surface area (Å²) in [5.41, 5.74) is 1.27. The van der Waals surface area contributed by atoms with Crippen LogP contribution in [0.4, 0.5) is 0 Å². The molecule has 3 aromatic rings. The van der Waals surface area contributed by atoms with Crippen molar-refractivity contribution in [2.45, 2.75) is 36.6 Å². The summed E-state index contributed by atoms with van der Waals surface area (Å²) >= 11 is 1.70. The Hall–Kier alpha value is -2.47. The first-order chi connectivity index (χ1) is 13.4. The molecule has 27 heavy (non-hydrogen) atoms. The number of rotatable bonds is 6. The van der Waals surface area contributed by atoms with Crippen LogP contribution in [0.5, 0.6) is 11.5 Å². The fourth-order valence-electron chi connectivity index (χ4n) is 3.28. The van der Waals surface area contributed by atoms with Crippen LogP contribution >= 0.6 is 11.8 Å². The van der Waals surface area contributed by atoms with Gasteiger partial charge in [0, 0.05) is 11.7 Å². The van der Waals surface area contributed by atoms with Crippen molar-refractivity contribution in [2.24, 2.45) is 0 Å². The number of nitrogens with zero attached hydrogens (tertiary/aromatic N) is 3. The van der Waals surface area contributed by atoms with E-state index in [-0.39, 0.29) is 6.10 Å². The Morgan fingerprint density at radius 1 is 0.963 bits per heavy atom. The van der Waals surface area contributed by atoms with E-state index in [0.29, 0.717) is 12.5 Å². The standard InChI is InChI=1S/C21H21N3O2S/c1-2-6-15(7-3-1)12-24-20(16-10-11-16)22-23-21(24)27-14-17-13-25-18-8-4-5-9-19(18)26-17/h1-9,16-17H,10-14H2/t17-/m0/s1. The minimum Gasteiger partial charge on any atom is -0.486 e. The van der Waals surface area contributed by atoms with Crippen molar-refractivity contribution < 1.29 is 9.47 Å². The van der Waals surface area contributed by atoms with Gasteiger partial charge >= 0.3 is 0 Å². The molecule has 0 unspecified atom stereocenters. The highest BCUT2D eigenvalue weighted by molar-refractivity contribution is 7.99. The molecule has 1 aromatic heterocycles. The van der Waals surface area contributed by atoms with Crippen molar-refractivity contribution >= 4 is 11.8 Å². The van der Waals surface area contributed by atoms with Crippen LogP contribution in [0, 0.1) is 0 Å². The van der Waals surface area contributed by atoms with Crippen molar-refractivity contribution in [3.8, 4) is 11.5 Å². The topological polar surface area (TPSA) is 49.2 Å². The van der Waals surface area contributed by atoms with Crippen LogP contribution in [0.15, 0.2) is 59.8 Å². The van der Waals surface area contributed by atoms with Gasteiger partial charge in [0.1, 0.15) is 18.5 Å². The molecule has 138 valence electrons. The second-order valence-corrected chi connectivity index (χ2v) is 7.98. The van der Waals surface area contributed by atoms with Gasteiger partial charge in [-0.15, -0.1) is 10.2 Å². The van der Waals surface area contributed by atoms with E-state index < -0.39 is 0 Å². The van der Waals surface area contributed by atoms with Gasteiger partial charge in [-0.25, -0.2) is 0 Å². The number of ether oxygens (including phenoxy) is 2. The molecule has 0 saturated heterocycles. The van der Waals surface area contributed by atoms with Crippen molar-refractivity contribution in [1.29, 1.82) is 0 Å². The predicted octanol–water partition coefficient (Wildman–Crippen LogP) is 4.14. The zero-order valence-electron chi connectivity index (χ0n) is 15.0. The highest BCUT2D eigenvalue weighted by Crippen LogP contribution is 2.40. The quantitative estimate of drug-likeness (QED) is 0.603. The number of aromatic nitrogens is 3. The molecule has 1 aliphatic carbocycles. The molecule has 0 N–H and O–H groups in total. The van der Waals surface area contributed by atoms with Crippen LogP contribution in [0.1, 0.15) is 30.1 Å². The summed E-state index contributed by atoms with van der Waals surface area (Å²) < 4.78 is 14.2. The van der Waals surface area contributed by atoms with Gasteiger partial charge in [0.05, 0.1) is 6.54 Å². The van der Waals surface area contributed by atoms with Gasteiger partial charge in [0.2, 0.25) is 0 Å². The molecule has 1 atom stereocenters. The Bertz CT molecular complexity index is 924. The summed E-state index contributed by atoms with van der Waals surface area (Å²) in [6.45, 7) is 1.37. The van der Waals surface area contributed by atoms with Gasteiger partial charge in [0.15, 0.2) is 16.7 Å². The minimum atomic E-state index is 0.0103. The third-order valence-electron chi connectivity index (χ3n) is 4.84. The first kappa shape index (κ1) is 16.7. The lowest BCUT2D eigenvalue weighted by Gasteiger charge is -2.26. The van der Waals surface area contributed by atoms with Gasteiger partial charge in [-0.3, -0.25) is 0 Å². The highest BCUT2D eigenvalue weighted by atomic mass is 32.2. The molecule has 0 spiro atoms. The molecular weight excluding hydrogens is 358 g/mol. The summed E-state index contributed by atoms with van der Waals surface area (Å²) in [5.74, 6) is 4.11. The highest BCUT2D eigenvalue weighted by Gasteiger charge is 2.31. The monoisotopic (exact) mass is 379 g/mol. The van der Waals surface area contributed by atoms with E-state index in [1.54, 1.807) is 11.8 Å².